The third-order valence-corrected chi connectivity index (χ3v) is 4.03. The number of piperidine rings is 1. The van der Waals surface area contributed by atoms with Crippen molar-refractivity contribution in [3.8, 4) is 0 Å². The lowest BCUT2D eigenvalue weighted by molar-refractivity contribution is -0.137. The number of hydrogen-bond acceptors (Lipinski definition) is 2. The predicted octanol–water partition coefficient (Wildman–Crippen LogP) is 2.87. The van der Waals surface area contributed by atoms with Crippen molar-refractivity contribution in [3.05, 3.63) is 35.9 Å². The van der Waals surface area contributed by atoms with E-state index in [-0.39, 0.29) is 23.7 Å². The zero-order valence-corrected chi connectivity index (χ0v) is 11.6. The van der Waals surface area contributed by atoms with E-state index in [9.17, 15) is 9.59 Å². The van der Waals surface area contributed by atoms with Gasteiger partial charge in [0.25, 0.3) is 0 Å². The molecule has 0 aliphatic carbocycles. The molecule has 1 fully saturated rings. The molecule has 1 aliphatic rings. The van der Waals surface area contributed by atoms with Crippen LogP contribution in [0.3, 0.4) is 0 Å². The number of imide groups is 1. The fourth-order valence-corrected chi connectivity index (χ4v) is 3.05. The second-order valence-corrected chi connectivity index (χ2v) is 5.43. The molecule has 2 rings (SSSR count). The van der Waals surface area contributed by atoms with E-state index < -0.39 is 0 Å². The van der Waals surface area contributed by atoms with Crippen LogP contribution in [-0.4, -0.2) is 11.8 Å². The van der Waals surface area contributed by atoms with E-state index in [0.717, 1.165) is 18.4 Å². The first-order valence-electron chi connectivity index (χ1n) is 7.02. The van der Waals surface area contributed by atoms with E-state index in [1.54, 1.807) is 0 Å². The van der Waals surface area contributed by atoms with Crippen LogP contribution in [0.25, 0.3) is 0 Å². The Morgan fingerprint density at radius 1 is 1.26 bits per heavy atom. The molecule has 19 heavy (non-hydrogen) atoms. The summed E-state index contributed by atoms with van der Waals surface area (Å²) < 4.78 is 0. The van der Waals surface area contributed by atoms with Crippen LogP contribution in [0.2, 0.25) is 0 Å². The molecule has 0 spiro atoms. The van der Waals surface area contributed by atoms with Crippen molar-refractivity contribution in [3.63, 3.8) is 0 Å². The van der Waals surface area contributed by atoms with Crippen LogP contribution in [0.4, 0.5) is 0 Å². The maximum atomic E-state index is 12.2. The van der Waals surface area contributed by atoms with Crippen LogP contribution >= 0.6 is 0 Å². The number of benzene rings is 1. The lowest BCUT2D eigenvalue weighted by Crippen LogP contribution is -2.46. The summed E-state index contributed by atoms with van der Waals surface area (Å²) in [6.45, 7) is 4.29. The summed E-state index contributed by atoms with van der Waals surface area (Å²) >= 11 is 0. The second kappa shape index (κ2) is 6.00. The molecule has 1 heterocycles. The second-order valence-electron chi connectivity index (χ2n) is 5.43. The lowest BCUT2D eigenvalue weighted by atomic mass is 9.73. The molecule has 0 radical (unpaired) electrons. The highest BCUT2D eigenvalue weighted by molar-refractivity contribution is 6.01. The van der Waals surface area contributed by atoms with E-state index >= 15 is 0 Å². The summed E-state index contributed by atoms with van der Waals surface area (Å²) in [4.78, 5) is 23.8. The minimum Gasteiger partial charge on any atom is -0.296 e. The molecule has 2 amide bonds. The minimum atomic E-state index is -0.194. The fraction of sp³-hybridized carbons (Fsp3) is 0.500. The number of nitrogens with one attached hydrogen (secondary N) is 1. The number of hydrogen-bond donors (Lipinski definition) is 1. The van der Waals surface area contributed by atoms with Gasteiger partial charge in [0, 0.05) is 6.42 Å². The number of carbonyl (C=O) groups is 2. The van der Waals surface area contributed by atoms with Gasteiger partial charge in [-0.1, -0.05) is 57.0 Å². The standard InChI is InChI=1S/C16H21NO2/c1-3-7-11(2)13-10-14(18)17-16(19)15(13)12-8-5-4-6-9-12/h4-6,8-9,11,13,15H,3,7,10H2,1-2H3,(H,17,18,19). The summed E-state index contributed by atoms with van der Waals surface area (Å²) in [5.74, 6) is 0.0230. The Kier molecular flexibility index (Phi) is 4.35. The number of rotatable bonds is 4. The van der Waals surface area contributed by atoms with Crippen molar-refractivity contribution in [2.75, 3.05) is 0 Å². The molecule has 0 saturated carbocycles. The summed E-state index contributed by atoms with van der Waals surface area (Å²) in [7, 11) is 0. The largest absolute Gasteiger partial charge is 0.296 e. The van der Waals surface area contributed by atoms with Gasteiger partial charge in [0.05, 0.1) is 5.92 Å². The maximum Gasteiger partial charge on any atom is 0.234 e. The maximum absolute atomic E-state index is 12.2. The first kappa shape index (κ1) is 13.8. The Hall–Kier alpha value is -1.64. The molecule has 1 aromatic carbocycles. The Balaban J connectivity index is 2.30. The summed E-state index contributed by atoms with van der Waals surface area (Å²) in [5, 5.41) is 2.48. The zero-order valence-electron chi connectivity index (χ0n) is 11.6. The van der Waals surface area contributed by atoms with Crippen molar-refractivity contribution in [1.29, 1.82) is 0 Å². The van der Waals surface area contributed by atoms with Gasteiger partial charge < -0.3 is 0 Å². The van der Waals surface area contributed by atoms with Crippen LogP contribution in [0.15, 0.2) is 30.3 Å². The van der Waals surface area contributed by atoms with Crippen LogP contribution < -0.4 is 5.32 Å². The van der Waals surface area contributed by atoms with Crippen LogP contribution in [0.5, 0.6) is 0 Å². The Bertz CT molecular complexity index is 455. The first-order chi connectivity index (χ1) is 9.13. The third kappa shape index (κ3) is 3.03. The molecule has 1 aliphatic heterocycles. The number of carbonyl (C=O) groups excluding carboxylic acids is 2. The van der Waals surface area contributed by atoms with Gasteiger partial charge in [-0.2, -0.15) is 0 Å². The molecule has 1 saturated heterocycles. The van der Waals surface area contributed by atoms with Crippen LogP contribution in [-0.2, 0) is 9.59 Å². The summed E-state index contributed by atoms with van der Waals surface area (Å²) in [6, 6.07) is 9.79. The average Bonchev–Trinajstić information content (AvgIpc) is 2.39. The van der Waals surface area contributed by atoms with Gasteiger partial charge in [-0.05, 0) is 17.4 Å². The molecule has 1 N–H and O–H groups in total. The van der Waals surface area contributed by atoms with E-state index in [4.69, 9.17) is 0 Å². The molecule has 0 aromatic heterocycles. The molecule has 3 heteroatoms. The molecule has 3 unspecified atom stereocenters. The minimum absolute atomic E-state index is 0.114. The first-order valence-corrected chi connectivity index (χ1v) is 7.02. The van der Waals surface area contributed by atoms with Gasteiger partial charge in [-0.3, -0.25) is 14.9 Å². The molecule has 0 bridgehead atoms. The van der Waals surface area contributed by atoms with E-state index in [1.165, 1.54) is 0 Å². The Morgan fingerprint density at radius 3 is 2.58 bits per heavy atom. The highest BCUT2D eigenvalue weighted by Gasteiger charge is 2.39. The topological polar surface area (TPSA) is 46.2 Å². The molecule has 3 nitrogen and oxygen atoms in total. The van der Waals surface area contributed by atoms with Crippen molar-refractivity contribution in [1.82, 2.24) is 5.32 Å². The van der Waals surface area contributed by atoms with Gasteiger partial charge >= 0.3 is 0 Å². The Morgan fingerprint density at radius 2 is 1.95 bits per heavy atom. The molecule has 102 valence electrons. The summed E-state index contributed by atoms with van der Waals surface area (Å²) in [5.41, 5.74) is 1.01. The quantitative estimate of drug-likeness (QED) is 0.845. The van der Waals surface area contributed by atoms with Crippen molar-refractivity contribution in [2.24, 2.45) is 11.8 Å². The Labute approximate surface area is 114 Å². The zero-order chi connectivity index (χ0) is 13.8. The van der Waals surface area contributed by atoms with Crippen molar-refractivity contribution < 1.29 is 9.59 Å². The smallest absolute Gasteiger partial charge is 0.234 e. The van der Waals surface area contributed by atoms with E-state index in [1.807, 2.05) is 30.3 Å². The van der Waals surface area contributed by atoms with Gasteiger partial charge in [0.15, 0.2) is 0 Å². The molecular weight excluding hydrogens is 238 g/mol. The monoisotopic (exact) mass is 259 g/mol. The van der Waals surface area contributed by atoms with Gasteiger partial charge in [0.2, 0.25) is 11.8 Å². The summed E-state index contributed by atoms with van der Waals surface area (Å²) in [6.07, 6.45) is 2.58. The van der Waals surface area contributed by atoms with Gasteiger partial charge in [0.1, 0.15) is 0 Å². The van der Waals surface area contributed by atoms with E-state index in [2.05, 4.69) is 19.2 Å². The number of amides is 2. The van der Waals surface area contributed by atoms with Crippen molar-refractivity contribution in [2.45, 2.75) is 39.0 Å². The molecule has 1 aromatic rings. The fourth-order valence-electron chi connectivity index (χ4n) is 3.05. The van der Waals surface area contributed by atoms with Crippen LogP contribution in [0, 0.1) is 11.8 Å². The molecule has 3 atom stereocenters. The SMILES string of the molecule is CCCC(C)C1CC(=O)NC(=O)C1c1ccccc1. The average molecular weight is 259 g/mol. The lowest BCUT2D eigenvalue weighted by Gasteiger charge is -2.34. The van der Waals surface area contributed by atoms with Gasteiger partial charge in [-0.25, -0.2) is 0 Å². The molecular formula is C16H21NO2. The third-order valence-electron chi connectivity index (χ3n) is 4.03. The predicted molar refractivity (Wildman–Crippen MR) is 74.5 cm³/mol. The van der Waals surface area contributed by atoms with Crippen LogP contribution in [0.1, 0.15) is 44.6 Å². The normalized spacial score (nSPS) is 24.9. The van der Waals surface area contributed by atoms with Gasteiger partial charge in [-0.15, -0.1) is 0 Å². The van der Waals surface area contributed by atoms with E-state index in [0.29, 0.717) is 12.3 Å². The van der Waals surface area contributed by atoms with Crippen molar-refractivity contribution >= 4 is 11.8 Å². The highest BCUT2D eigenvalue weighted by Crippen LogP contribution is 2.37. The highest BCUT2D eigenvalue weighted by atomic mass is 16.2.